The third-order valence-corrected chi connectivity index (χ3v) is 9.79. The number of nitrogens with zero attached hydrogens (tertiary/aromatic N) is 2. The van der Waals surface area contributed by atoms with E-state index in [2.05, 4.69) is 21.2 Å². The molecule has 1 fully saturated rings. The van der Waals surface area contributed by atoms with Gasteiger partial charge in [-0.25, -0.2) is 8.42 Å². The Hall–Kier alpha value is -3.17. The first kappa shape index (κ1) is 29.8. The van der Waals surface area contributed by atoms with Gasteiger partial charge in [-0.3, -0.25) is 13.9 Å². The van der Waals surface area contributed by atoms with Crippen LogP contribution in [-0.2, 0) is 26.2 Å². The number of amides is 2. The van der Waals surface area contributed by atoms with Gasteiger partial charge < -0.3 is 10.2 Å². The van der Waals surface area contributed by atoms with Crippen LogP contribution < -0.4 is 9.62 Å². The van der Waals surface area contributed by atoms with E-state index in [1.165, 1.54) is 4.90 Å². The van der Waals surface area contributed by atoms with Crippen molar-refractivity contribution < 1.29 is 18.0 Å². The number of rotatable bonds is 10. The van der Waals surface area contributed by atoms with Gasteiger partial charge in [-0.1, -0.05) is 70.7 Å². The zero-order valence-corrected chi connectivity index (χ0v) is 25.5. The first-order valence-electron chi connectivity index (χ1n) is 13.6. The highest BCUT2D eigenvalue weighted by molar-refractivity contribution is 9.10. The van der Waals surface area contributed by atoms with Gasteiger partial charge in [0, 0.05) is 17.1 Å². The van der Waals surface area contributed by atoms with Crippen molar-refractivity contribution in [2.45, 2.75) is 70.0 Å². The van der Waals surface area contributed by atoms with E-state index in [4.69, 9.17) is 0 Å². The van der Waals surface area contributed by atoms with E-state index in [-0.39, 0.29) is 23.4 Å². The largest absolute Gasteiger partial charge is 0.352 e. The Kier molecular flexibility index (Phi) is 9.68. The predicted octanol–water partition coefficient (Wildman–Crippen LogP) is 5.74. The van der Waals surface area contributed by atoms with Crippen LogP contribution in [0.5, 0.6) is 0 Å². The Morgan fingerprint density at radius 2 is 1.57 bits per heavy atom. The summed E-state index contributed by atoms with van der Waals surface area (Å²) in [6, 6.07) is 20.3. The number of sulfonamides is 1. The maximum absolute atomic E-state index is 14.1. The summed E-state index contributed by atoms with van der Waals surface area (Å²) in [6.07, 6.45) is 4.00. The molecule has 0 unspecified atom stereocenters. The van der Waals surface area contributed by atoms with E-state index in [9.17, 15) is 18.0 Å². The number of carbonyl (C=O) groups excluding carboxylic acids is 2. The third-order valence-electron chi connectivity index (χ3n) is 7.47. The summed E-state index contributed by atoms with van der Waals surface area (Å²) < 4.78 is 29.7. The highest BCUT2D eigenvalue weighted by atomic mass is 79.9. The molecule has 1 atom stereocenters. The van der Waals surface area contributed by atoms with Crippen molar-refractivity contribution in [3.63, 3.8) is 0 Å². The van der Waals surface area contributed by atoms with Crippen molar-refractivity contribution >= 4 is 43.5 Å². The average Bonchev–Trinajstić information content (AvgIpc) is 3.44. The number of hydrogen-bond acceptors (Lipinski definition) is 4. The van der Waals surface area contributed by atoms with E-state index >= 15 is 0 Å². The van der Waals surface area contributed by atoms with Gasteiger partial charge in [0.15, 0.2) is 0 Å². The van der Waals surface area contributed by atoms with Crippen LogP contribution in [0.3, 0.4) is 0 Å². The van der Waals surface area contributed by atoms with E-state index in [1.807, 2.05) is 38.1 Å². The van der Waals surface area contributed by atoms with Crippen molar-refractivity contribution in [2.75, 3.05) is 10.8 Å². The maximum atomic E-state index is 14.1. The maximum Gasteiger partial charge on any atom is 0.264 e. The van der Waals surface area contributed by atoms with E-state index < -0.39 is 28.5 Å². The fourth-order valence-corrected chi connectivity index (χ4v) is 6.60. The summed E-state index contributed by atoms with van der Waals surface area (Å²) >= 11 is 3.40. The van der Waals surface area contributed by atoms with Crippen molar-refractivity contribution in [2.24, 2.45) is 0 Å². The second-order valence-electron chi connectivity index (χ2n) is 10.4. The molecule has 2 amide bonds. The molecule has 7 nitrogen and oxygen atoms in total. The van der Waals surface area contributed by atoms with E-state index in [1.54, 1.807) is 55.5 Å². The van der Waals surface area contributed by atoms with Crippen molar-refractivity contribution in [1.82, 2.24) is 10.2 Å². The minimum Gasteiger partial charge on any atom is -0.352 e. The molecule has 0 heterocycles. The van der Waals surface area contributed by atoms with Gasteiger partial charge in [0.05, 0.1) is 10.6 Å². The molecule has 1 aliphatic carbocycles. The molecule has 0 aromatic heterocycles. The molecule has 0 aliphatic heterocycles. The van der Waals surface area contributed by atoms with Gasteiger partial charge >= 0.3 is 0 Å². The van der Waals surface area contributed by atoms with Crippen LogP contribution in [0.15, 0.2) is 82.2 Å². The van der Waals surface area contributed by atoms with Crippen molar-refractivity contribution in [1.29, 1.82) is 0 Å². The number of aryl methyl sites for hydroxylation is 2. The quantitative estimate of drug-likeness (QED) is 0.311. The Morgan fingerprint density at radius 1 is 0.950 bits per heavy atom. The minimum absolute atomic E-state index is 0.0892. The summed E-state index contributed by atoms with van der Waals surface area (Å²) in [5.74, 6) is -0.693. The molecule has 212 valence electrons. The Morgan fingerprint density at radius 3 is 2.20 bits per heavy atom. The fourth-order valence-electron chi connectivity index (χ4n) is 4.92. The average molecular weight is 627 g/mol. The highest BCUT2D eigenvalue weighted by Gasteiger charge is 2.33. The lowest BCUT2D eigenvalue weighted by Crippen LogP contribution is -2.52. The van der Waals surface area contributed by atoms with Gasteiger partial charge in [-0.2, -0.15) is 0 Å². The standard InChI is InChI=1S/C31H36BrN3O4S/c1-22-12-18-29(19-13-22)40(38,39)35(28-16-14-26(32)15-17-28)21-30(36)34(20-25-9-5-4-8-23(25)2)24(3)31(37)33-27-10-6-7-11-27/h4-5,8-9,12-19,24,27H,6-7,10-11,20-21H2,1-3H3,(H,33,37)/t24-/m1/s1. The molecule has 4 rings (SSSR count). The summed E-state index contributed by atoms with van der Waals surface area (Å²) in [4.78, 5) is 29.0. The second kappa shape index (κ2) is 13.0. The molecule has 9 heteroatoms. The molecule has 3 aromatic carbocycles. The number of hydrogen-bond donors (Lipinski definition) is 1. The Bertz CT molecular complexity index is 1440. The topological polar surface area (TPSA) is 86.8 Å². The van der Waals surface area contributed by atoms with Crippen molar-refractivity contribution in [3.05, 3.63) is 94.0 Å². The lowest BCUT2D eigenvalue weighted by molar-refractivity contribution is -0.139. The van der Waals surface area contributed by atoms with Crippen LogP contribution >= 0.6 is 15.9 Å². The second-order valence-corrected chi connectivity index (χ2v) is 13.2. The molecular weight excluding hydrogens is 590 g/mol. The van der Waals surface area contributed by atoms with Crippen LogP contribution in [0.25, 0.3) is 0 Å². The molecule has 0 saturated heterocycles. The summed E-state index contributed by atoms with van der Waals surface area (Å²) in [7, 11) is -4.09. The first-order valence-corrected chi connectivity index (χ1v) is 15.8. The zero-order valence-electron chi connectivity index (χ0n) is 23.1. The summed E-state index contributed by atoms with van der Waals surface area (Å²) in [6.45, 7) is 5.28. The van der Waals surface area contributed by atoms with Crippen molar-refractivity contribution in [3.8, 4) is 0 Å². The lowest BCUT2D eigenvalue weighted by Gasteiger charge is -2.33. The highest BCUT2D eigenvalue weighted by Crippen LogP contribution is 2.27. The molecule has 0 bridgehead atoms. The summed E-state index contributed by atoms with van der Waals surface area (Å²) in [5.41, 5.74) is 3.17. The van der Waals surface area contributed by atoms with E-state index in [0.29, 0.717) is 5.69 Å². The number of halogens is 1. The lowest BCUT2D eigenvalue weighted by atomic mass is 10.1. The molecule has 1 aliphatic rings. The molecule has 0 spiro atoms. The van der Waals surface area contributed by atoms with Gasteiger partial charge in [0.2, 0.25) is 11.8 Å². The number of anilines is 1. The number of benzene rings is 3. The number of nitrogens with one attached hydrogen (secondary N) is 1. The predicted molar refractivity (Wildman–Crippen MR) is 161 cm³/mol. The molecular formula is C31H36BrN3O4S. The molecule has 3 aromatic rings. The van der Waals surface area contributed by atoms with Crippen LogP contribution in [0.2, 0.25) is 0 Å². The zero-order chi connectivity index (χ0) is 28.9. The number of carbonyl (C=O) groups is 2. The van der Waals surface area contributed by atoms with Crippen LogP contribution in [-0.4, -0.2) is 43.8 Å². The first-order chi connectivity index (χ1) is 19.1. The molecule has 40 heavy (non-hydrogen) atoms. The van der Waals surface area contributed by atoms with Gasteiger partial charge in [-0.05, 0) is 81.1 Å². The van der Waals surface area contributed by atoms with E-state index in [0.717, 1.165) is 51.2 Å². The molecule has 1 saturated carbocycles. The monoisotopic (exact) mass is 625 g/mol. The van der Waals surface area contributed by atoms with Crippen LogP contribution in [0.4, 0.5) is 5.69 Å². The SMILES string of the molecule is Cc1ccc(S(=O)(=O)N(CC(=O)N(Cc2ccccc2C)[C@H](C)C(=O)NC2CCCC2)c2ccc(Br)cc2)cc1. The Labute approximate surface area is 245 Å². The van der Waals surface area contributed by atoms with Gasteiger partial charge in [0.25, 0.3) is 10.0 Å². The van der Waals surface area contributed by atoms with Crippen LogP contribution in [0.1, 0.15) is 49.3 Å². The minimum atomic E-state index is -4.09. The molecule has 0 radical (unpaired) electrons. The molecule has 1 N–H and O–H groups in total. The smallest absolute Gasteiger partial charge is 0.264 e. The normalized spacial score (nSPS) is 14.5. The van der Waals surface area contributed by atoms with Crippen LogP contribution in [0, 0.1) is 13.8 Å². The fraction of sp³-hybridized carbons (Fsp3) is 0.355. The summed E-state index contributed by atoms with van der Waals surface area (Å²) in [5, 5.41) is 3.10. The van der Waals surface area contributed by atoms with Gasteiger partial charge in [0.1, 0.15) is 12.6 Å². The van der Waals surface area contributed by atoms with Gasteiger partial charge in [-0.15, -0.1) is 0 Å². The Balaban J connectivity index is 1.69. The third kappa shape index (κ3) is 7.12.